The van der Waals surface area contributed by atoms with Crippen LogP contribution in [-0.4, -0.2) is 37.0 Å². The molecule has 0 bridgehead atoms. The molecule has 0 radical (unpaired) electrons. The van der Waals surface area contributed by atoms with E-state index in [0.29, 0.717) is 20.5 Å². The number of esters is 2. The summed E-state index contributed by atoms with van der Waals surface area (Å²) in [7, 11) is 2.41. The largest absolute Gasteiger partial charge is 0.465 e. The highest BCUT2D eigenvalue weighted by Crippen LogP contribution is 2.35. The van der Waals surface area contributed by atoms with Gasteiger partial charge in [-0.15, -0.1) is 22.7 Å². The highest BCUT2D eigenvalue weighted by molar-refractivity contribution is 7.21. The molecule has 2 heterocycles. The summed E-state index contributed by atoms with van der Waals surface area (Å²) in [5, 5.41) is 14.3. The molecule has 29 heavy (non-hydrogen) atoms. The van der Waals surface area contributed by atoms with Crippen molar-refractivity contribution in [3.63, 3.8) is 0 Å². The highest BCUT2D eigenvalue weighted by atomic mass is 32.1. The van der Waals surface area contributed by atoms with Crippen LogP contribution in [-0.2, 0) is 9.47 Å². The van der Waals surface area contributed by atoms with Gasteiger partial charge in [0.2, 0.25) is 0 Å². The predicted molar refractivity (Wildman–Crippen MR) is 108 cm³/mol. The van der Waals surface area contributed by atoms with E-state index in [9.17, 15) is 24.5 Å². The van der Waals surface area contributed by atoms with E-state index >= 15 is 0 Å². The molecule has 0 atom stereocenters. The SMILES string of the molecule is COC(=O)c1sc(NC(=O)c2cc3cc([N+](=O)[O-])ccc3s2)c(C(=O)OC)c1C. The lowest BCUT2D eigenvalue weighted by Crippen LogP contribution is -2.13. The van der Waals surface area contributed by atoms with Gasteiger partial charge in [-0.1, -0.05) is 0 Å². The van der Waals surface area contributed by atoms with Crippen molar-refractivity contribution in [3.05, 3.63) is 55.3 Å². The molecule has 0 spiro atoms. The molecule has 3 aromatic rings. The summed E-state index contributed by atoms with van der Waals surface area (Å²) < 4.78 is 10.2. The number of nitro benzene ring substituents is 1. The summed E-state index contributed by atoms with van der Waals surface area (Å²) in [6.45, 7) is 1.56. The number of ether oxygens (including phenoxy) is 2. The molecule has 11 heteroatoms. The number of non-ortho nitro benzene ring substituents is 1. The number of rotatable bonds is 5. The van der Waals surface area contributed by atoms with Crippen molar-refractivity contribution < 1.29 is 28.8 Å². The Morgan fingerprint density at radius 2 is 1.76 bits per heavy atom. The lowest BCUT2D eigenvalue weighted by atomic mass is 10.1. The molecule has 0 aliphatic carbocycles. The molecular formula is C18H14N2O7S2. The van der Waals surface area contributed by atoms with Crippen LogP contribution in [0.15, 0.2) is 24.3 Å². The topological polar surface area (TPSA) is 125 Å². The maximum atomic E-state index is 12.7. The van der Waals surface area contributed by atoms with Gasteiger partial charge in [0.05, 0.1) is 29.6 Å². The minimum absolute atomic E-state index is 0.0722. The van der Waals surface area contributed by atoms with E-state index in [2.05, 4.69) is 5.32 Å². The zero-order valence-electron chi connectivity index (χ0n) is 15.4. The third-order valence-electron chi connectivity index (χ3n) is 4.07. The number of methoxy groups -OCH3 is 2. The number of nitrogens with one attached hydrogen (secondary N) is 1. The second kappa shape index (κ2) is 7.97. The first-order valence-electron chi connectivity index (χ1n) is 8.06. The van der Waals surface area contributed by atoms with Crippen molar-refractivity contribution in [2.24, 2.45) is 0 Å². The van der Waals surface area contributed by atoms with Gasteiger partial charge in [-0.3, -0.25) is 14.9 Å². The van der Waals surface area contributed by atoms with Crippen LogP contribution in [0.3, 0.4) is 0 Å². The fraction of sp³-hybridized carbons (Fsp3) is 0.167. The Labute approximate surface area is 172 Å². The Hall–Kier alpha value is -3.31. The van der Waals surface area contributed by atoms with Gasteiger partial charge in [0.15, 0.2) is 0 Å². The summed E-state index contributed by atoms with van der Waals surface area (Å²) in [6.07, 6.45) is 0. The van der Waals surface area contributed by atoms with Gasteiger partial charge >= 0.3 is 11.9 Å². The quantitative estimate of drug-likeness (QED) is 0.365. The number of carbonyl (C=O) groups is 3. The molecule has 0 saturated carbocycles. The molecule has 0 unspecified atom stereocenters. The number of hydrogen-bond donors (Lipinski definition) is 1. The van der Waals surface area contributed by atoms with Gasteiger partial charge in [0.25, 0.3) is 11.6 Å². The second-order valence-electron chi connectivity index (χ2n) is 5.79. The lowest BCUT2D eigenvalue weighted by Gasteiger charge is -2.04. The van der Waals surface area contributed by atoms with Crippen molar-refractivity contribution in [2.75, 3.05) is 19.5 Å². The fourth-order valence-electron chi connectivity index (χ4n) is 2.66. The minimum Gasteiger partial charge on any atom is -0.465 e. The number of amides is 1. The molecular weight excluding hydrogens is 420 g/mol. The van der Waals surface area contributed by atoms with Crippen molar-refractivity contribution in [3.8, 4) is 0 Å². The van der Waals surface area contributed by atoms with E-state index in [-0.39, 0.29) is 21.1 Å². The van der Waals surface area contributed by atoms with Crippen molar-refractivity contribution >= 4 is 61.3 Å². The van der Waals surface area contributed by atoms with E-state index in [1.165, 1.54) is 32.4 Å². The Kier molecular flexibility index (Phi) is 5.62. The average Bonchev–Trinajstić information content (AvgIpc) is 3.27. The number of benzene rings is 1. The number of hydrogen-bond acceptors (Lipinski definition) is 9. The summed E-state index contributed by atoms with van der Waals surface area (Å²) in [5.74, 6) is -1.85. The number of nitrogens with zero attached hydrogens (tertiary/aromatic N) is 1. The molecule has 3 rings (SSSR count). The van der Waals surface area contributed by atoms with Gasteiger partial charge < -0.3 is 14.8 Å². The van der Waals surface area contributed by atoms with E-state index in [1.54, 1.807) is 13.0 Å². The Bertz CT molecular complexity index is 1160. The van der Waals surface area contributed by atoms with Crippen molar-refractivity contribution in [1.82, 2.24) is 0 Å². The molecule has 150 valence electrons. The molecule has 1 amide bonds. The monoisotopic (exact) mass is 434 g/mol. The van der Waals surface area contributed by atoms with Crippen molar-refractivity contribution in [2.45, 2.75) is 6.92 Å². The number of thiophene rings is 2. The lowest BCUT2D eigenvalue weighted by molar-refractivity contribution is -0.384. The number of anilines is 1. The molecule has 0 aliphatic rings. The first-order chi connectivity index (χ1) is 13.8. The minimum atomic E-state index is -0.698. The predicted octanol–water partition coefficient (Wildman–Crippen LogP) is 4.00. The maximum absolute atomic E-state index is 12.7. The summed E-state index contributed by atoms with van der Waals surface area (Å²) in [6, 6.07) is 5.84. The van der Waals surface area contributed by atoms with Gasteiger partial charge in [0.1, 0.15) is 9.88 Å². The molecule has 1 aromatic carbocycles. The molecule has 2 aromatic heterocycles. The zero-order valence-corrected chi connectivity index (χ0v) is 17.1. The normalized spacial score (nSPS) is 10.6. The number of nitro groups is 1. The van der Waals surface area contributed by atoms with Crippen molar-refractivity contribution in [1.29, 1.82) is 0 Å². The molecule has 0 fully saturated rings. The van der Waals surface area contributed by atoms with Crippen LogP contribution in [0.25, 0.3) is 10.1 Å². The summed E-state index contributed by atoms with van der Waals surface area (Å²) in [5.41, 5.74) is 0.339. The molecule has 0 aliphatic heterocycles. The Morgan fingerprint density at radius 3 is 2.38 bits per heavy atom. The third-order valence-corrected chi connectivity index (χ3v) is 6.37. The standard InChI is InChI=1S/C18H14N2O7S2/c1-8-13(17(22)26-2)16(29-14(8)18(23)27-3)19-15(21)12-7-9-6-10(20(24)25)4-5-11(9)28-12/h4-7H,1-3H3,(H,19,21). The smallest absolute Gasteiger partial charge is 0.348 e. The highest BCUT2D eigenvalue weighted by Gasteiger charge is 2.27. The maximum Gasteiger partial charge on any atom is 0.348 e. The van der Waals surface area contributed by atoms with Crippen LogP contribution in [0.2, 0.25) is 0 Å². The van der Waals surface area contributed by atoms with Gasteiger partial charge in [-0.2, -0.15) is 0 Å². The number of carbonyl (C=O) groups excluding carboxylic acids is 3. The first-order valence-corrected chi connectivity index (χ1v) is 9.69. The van der Waals surface area contributed by atoms with Crippen LogP contribution in [0.5, 0.6) is 0 Å². The molecule has 9 nitrogen and oxygen atoms in total. The third kappa shape index (κ3) is 3.82. The first kappa shape index (κ1) is 20.4. The van der Waals surface area contributed by atoms with Crippen LogP contribution in [0, 0.1) is 17.0 Å². The van der Waals surface area contributed by atoms with E-state index in [4.69, 9.17) is 9.47 Å². The Morgan fingerprint density at radius 1 is 1.07 bits per heavy atom. The average molecular weight is 434 g/mol. The summed E-state index contributed by atoms with van der Waals surface area (Å²) >= 11 is 2.06. The fourth-order valence-corrected chi connectivity index (χ4v) is 4.70. The van der Waals surface area contributed by atoms with E-state index < -0.39 is 22.8 Å². The van der Waals surface area contributed by atoms with Gasteiger partial charge in [-0.05, 0) is 24.6 Å². The summed E-state index contributed by atoms with van der Waals surface area (Å²) in [4.78, 5) is 47.7. The van der Waals surface area contributed by atoms with Gasteiger partial charge in [-0.25, -0.2) is 9.59 Å². The van der Waals surface area contributed by atoms with Crippen LogP contribution in [0.1, 0.15) is 35.3 Å². The number of fused-ring (bicyclic) bond motifs is 1. The van der Waals surface area contributed by atoms with Crippen LogP contribution in [0.4, 0.5) is 10.7 Å². The zero-order chi connectivity index (χ0) is 21.3. The second-order valence-corrected chi connectivity index (χ2v) is 7.89. The molecule has 0 saturated heterocycles. The van der Waals surface area contributed by atoms with E-state index in [1.807, 2.05) is 0 Å². The van der Waals surface area contributed by atoms with Crippen LogP contribution >= 0.6 is 22.7 Å². The van der Waals surface area contributed by atoms with E-state index in [0.717, 1.165) is 22.7 Å². The van der Waals surface area contributed by atoms with Crippen LogP contribution < -0.4 is 5.32 Å². The Balaban J connectivity index is 1.98. The molecule has 1 N–H and O–H groups in total. The van der Waals surface area contributed by atoms with Gasteiger partial charge in [0, 0.05) is 22.2 Å².